The quantitative estimate of drug-likeness (QED) is 0.791. The van der Waals surface area contributed by atoms with Crippen LogP contribution in [0.5, 0.6) is 5.75 Å². The minimum absolute atomic E-state index is 0.180. The van der Waals surface area contributed by atoms with Crippen LogP contribution in [0.25, 0.3) is 0 Å². The topological polar surface area (TPSA) is 98.7 Å². The fraction of sp³-hybridized carbons (Fsp3) is 0.429. The summed E-state index contributed by atoms with van der Waals surface area (Å²) in [7, 11) is 1.50. The third-order valence-corrected chi connectivity index (χ3v) is 3.56. The molecule has 0 aromatic heterocycles. The number of primary amides is 1. The van der Waals surface area contributed by atoms with Gasteiger partial charge in [-0.2, -0.15) is 0 Å². The summed E-state index contributed by atoms with van der Waals surface area (Å²) in [5.74, 6) is -0.340. The zero-order valence-electron chi connectivity index (χ0n) is 11.5. The van der Waals surface area contributed by atoms with Crippen molar-refractivity contribution in [2.24, 2.45) is 11.7 Å². The molecule has 0 aliphatic carbocycles. The molecule has 2 amide bonds. The molecule has 0 radical (unpaired) electrons. The Labute approximate surface area is 117 Å². The van der Waals surface area contributed by atoms with Gasteiger partial charge in [0.05, 0.1) is 18.6 Å². The maximum absolute atomic E-state index is 12.5. The predicted octanol–water partition coefficient (Wildman–Crippen LogP) is 0.615. The van der Waals surface area contributed by atoms with Crippen LogP contribution in [0, 0.1) is 5.92 Å². The van der Waals surface area contributed by atoms with E-state index in [1.807, 2.05) is 0 Å². The van der Waals surface area contributed by atoms with Crippen LogP contribution in [0.15, 0.2) is 18.2 Å². The average molecular weight is 277 g/mol. The highest BCUT2D eigenvalue weighted by molar-refractivity contribution is 5.98. The first-order valence-corrected chi connectivity index (χ1v) is 6.55. The summed E-state index contributed by atoms with van der Waals surface area (Å²) in [6.45, 7) is 0.965. The van der Waals surface area contributed by atoms with Crippen LogP contribution in [-0.4, -0.2) is 36.9 Å². The van der Waals surface area contributed by atoms with Crippen LogP contribution in [0.3, 0.4) is 0 Å². The van der Waals surface area contributed by atoms with Crippen LogP contribution in [-0.2, 0) is 4.79 Å². The second-order valence-corrected chi connectivity index (χ2v) is 4.95. The van der Waals surface area contributed by atoms with Crippen molar-refractivity contribution < 1.29 is 14.3 Å². The summed E-state index contributed by atoms with van der Waals surface area (Å²) in [5.41, 5.74) is 12.0. The Bertz CT molecular complexity index is 530. The van der Waals surface area contributed by atoms with E-state index in [1.165, 1.54) is 7.11 Å². The largest absolute Gasteiger partial charge is 0.496 e. The lowest BCUT2D eigenvalue weighted by Gasteiger charge is -2.31. The summed E-state index contributed by atoms with van der Waals surface area (Å²) >= 11 is 0. The summed E-state index contributed by atoms with van der Waals surface area (Å²) in [6, 6.07) is 4.94. The fourth-order valence-corrected chi connectivity index (χ4v) is 2.46. The highest BCUT2D eigenvalue weighted by Crippen LogP contribution is 2.25. The second-order valence-electron chi connectivity index (χ2n) is 4.95. The number of methoxy groups -OCH3 is 1. The molecule has 1 aromatic rings. The lowest BCUT2D eigenvalue weighted by Crippen LogP contribution is -2.44. The molecule has 0 saturated carbocycles. The molecule has 4 N–H and O–H groups in total. The summed E-state index contributed by atoms with van der Waals surface area (Å²) in [6.07, 6.45) is 1.50. The lowest BCUT2D eigenvalue weighted by molar-refractivity contribution is -0.123. The van der Waals surface area contributed by atoms with Crippen molar-refractivity contribution in [1.29, 1.82) is 0 Å². The second kappa shape index (κ2) is 5.81. The van der Waals surface area contributed by atoms with Crippen molar-refractivity contribution in [1.82, 2.24) is 4.90 Å². The van der Waals surface area contributed by atoms with Crippen molar-refractivity contribution in [2.75, 3.05) is 25.9 Å². The minimum atomic E-state index is -0.359. The monoisotopic (exact) mass is 277 g/mol. The van der Waals surface area contributed by atoms with Crippen molar-refractivity contribution in [3.63, 3.8) is 0 Å². The third-order valence-electron chi connectivity index (χ3n) is 3.56. The number of hydrogen-bond acceptors (Lipinski definition) is 4. The number of amides is 2. The Kier molecular flexibility index (Phi) is 4.12. The first kappa shape index (κ1) is 14.2. The molecule has 0 bridgehead atoms. The molecule has 20 heavy (non-hydrogen) atoms. The van der Waals surface area contributed by atoms with E-state index < -0.39 is 0 Å². The van der Waals surface area contributed by atoms with E-state index >= 15 is 0 Å². The third kappa shape index (κ3) is 2.84. The standard InChI is InChI=1S/C14H19N3O3/c1-20-12-5-4-10(15)7-11(12)14(19)17-6-2-3-9(8-17)13(16)18/h4-5,7,9H,2-3,6,8,15H2,1H3,(H2,16,18). The van der Waals surface area contributed by atoms with E-state index in [0.29, 0.717) is 30.1 Å². The average Bonchev–Trinajstić information content (AvgIpc) is 2.46. The lowest BCUT2D eigenvalue weighted by atomic mass is 9.96. The first-order valence-electron chi connectivity index (χ1n) is 6.55. The highest BCUT2D eigenvalue weighted by Gasteiger charge is 2.28. The number of nitrogen functional groups attached to an aromatic ring is 1. The number of rotatable bonds is 3. The molecule has 2 rings (SSSR count). The Balaban J connectivity index is 2.22. The Morgan fingerprint density at radius 3 is 2.80 bits per heavy atom. The van der Waals surface area contributed by atoms with Crippen LogP contribution in [0.4, 0.5) is 5.69 Å². The zero-order valence-corrected chi connectivity index (χ0v) is 11.5. The molecule has 1 saturated heterocycles. The van der Waals surface area contributed by atoms with Gasteiger partial charge < -0.3 is 21.1 Å². The Morgan fingerprint density at radius 2 is 2.15 bits per heavy atom. The number of nitrogens with zero attached hydrogens (tertiary/aromatic N) is 1. The molecule has 1 aromatic carbocycles. The van der Waals surface area contributed by atoms with Crippen LogP contribution in [0.2, 0.25) is 0 Å². The van der Waals surface area contributed by atoms with E-state index in [0.717, 1.165) is 12.8 Å². The number of likely N-dealkylation sites (tertiary alicyclic amines) is 1. The zero-order chi connectivity index (χ0) is 14.7. The Hall–Kier alpha value is -2.24. The molecule has 1 heterocycles. The smallest absolute Gasteiger partial charge is 0.257 e. The molecule has 6 nitrogen and oxygen atoms in total. The molecule has 1 aliphatic heterocycles. The highest BCUT2D eigenvalue weighted by atomic mass is 16.5. The van der Waals surface area contributed by atoms with Crippen molar-refractivity contribution >= 4 is 17.5 Å². The van der Waals surface area contributed by atoms with Gasteiger partial charge in [-0.1, -0.05) is 0 Å². The van der Waals surface area contributed by atoms with Crippen molar-refractivity contribution in [3.8, 4) is 5.75 Å². The minimum Gasteiger partial charge on any atom is -0.496 e. The van der Waals surface area contributed by atoms with Gasteiger partial charge in [0.2, 0.25) is 5.91 Å². The van der Waals surface area contributed by atoms with Gasteiger partial charge in [-0.25, -0.2) is 0 Å². The Morgan fingerprint density at radius 1 is 1.40 bits per heavy atom. The summed E-state index contributed by atoms with van der Waals surface area (Å²) < 4.78 is 5.19. The maximum Gasteiger partial charge on any atom is 0.257 e. The van der Waals surface area contributed by atoms with Gasteiger partial charge in [0.15, 0.2) is 0 Å². The number of carbonyl (C=O) groups is 2. The molecular formula is C14H19N3O3. The van der Waals surface area contributed by atoms with Gasteiger partial charge in [-0.15, -0.1) is 0 Å². The van der Waals surface area contributed by atoms with Gasteiger partial charge >= 0.3 is 0 Å². The van der Waals surface area contributed by atoms with Gasteiger partial charge in [-0.3, -0.25) is 9.59 Å². The van der Waals surface area contributed by atoms with Gasteiger partial charge in [-0.05, 0) is 31.0 Å². The molecule has 1 aliphatic rings. The number of nitrogens with two attached hydrogens (primary N) is 2. The van der Waals surface area contributed by atoms with Crippen molar-refractivity contribution in [3.05, 3.63) is 23.8 Å². The van der Waals surface area contributed by atoms with Crippen LogP contribution in [0.1, 0.15) is 23.2 Å². The molecule has 1 fully saturated rings. The van der Waals surface area contributed by atoms with E-state index in [9.17, 15) is 9.59 Å². The van der Waals surface area contributed by atoms with E-state index in [-0.39, 0.29) is 17.7 Å². The van der Waals surface area contributed by atoms with E-state index in [1.54, 1.807) is 23.1 Å². The SMILES string of the molecule is COc1ccc(N)cc1C(=O)N1CCCC(C(N)=O)C1. The molecule has 1 atom stereocenters. The molecule has 0 spiro atoms. The molecule has 108 valence electrons. The van der Waals surface area contributed by atoms with Crippen molar-refractivity contribution in [2.45, 2.75) is 12.8 Å². The predicted molar refractivity (Wildman–Crippen MR) is 75.2 cm³/mol. The molecule has 6 heteroatoms. The summed E-state index contributed by atoms with van der Waals surface area (Å²) in [4.78, 5) is 25.4. The normalized spacial score (nSPS) is 18.6. The number of carbonyl (C=O) groups excluding carboxylic acids is 2. The molecule has 1 unspecified atom stereocenters. The van der Waals surface area contributed by atoms with Gasteiger partial charge in [0.1, 0.15) is 5.75 Å². The van der Waals surface area contributed by atoms with Gasteiger partial charge in [0, 0.05) is 18.8 Å². The van der Waals surface area contributed by atoms with E-state index in [2.05, 4.69) is 0 Å². The number of anilines is 1. The summed E-state index contributed by atoms with van der Waals surface area (Å²) in [5, 5.41) is 0. The first-order chi connectivity index (χ1) is 9.52. The number of hydrogen-bond donors (Lipinski definition) is 2. The van der Waals surface area contributed by atoms with E-state index in [4.69, 9.17) is 16.2 Å². The van der Waals surface area contributed by atoms with Crippen LogP contribution < -0.4 is 16.2 Å². The van der Waals surface area contributed by atoms with Gasteiger partial charge in [0.25, 0.3) is 5.91 Å². The fourth-order valence-electron chi connectivity index (χ4n) is 2.46. The van der Waals surface area contributed by atoms with Crippen LogP contribution >= 0.6 is 0 Å². The molecular weight excluding hydrogens is 258 g/mol. The number of ether oxygens (including phenoxy) is 1. The number of piperidine rings is 1. The maximum atomic E-state index is 12.5. The number of benzene rings is 1.